The van der Waals surface area contributed by atoms with Gasteiger partial charge in [-0.15, -0.1) is 0 Å². The van der Waals surface area contributed by atoms with Crippen LogP contribution in [0.15, 0.2) is 30.3 Å². The number of aryl methyl sites for hydroxylation is 1. The fraction of sp³-hybridized carbons (Fsp3) is 0.133. The van der Waals surface area contributed by atoms with Crippen molar-refractivity contribution in [2.24, 2.45) is 0 Å². The average molecular weight is 368 g/mol. The molecular formula is C15H11Cl2N3O2S. The van der Waals surface area contributed by atoms with E-state index in [1.165, 1.54) is 0 Å². The molecule has 0 aliphatic rings. The summed E-state index contributed by atoms with van der Waals surface area (Å²) in [5.74, 6) is 0.0936. The number of anilines is 1. The molecule has 0 saturated carbocycles. The van der Waals surface area contributed by atoms with E-state index in [2.05, 4.69) is 14.1 Å². The van der Waals surface area contributed by atoms with Crippen LogP contribution in [0, 0.1) is 6.92 Å². The van der Waals surface area contributed by atoms with E-state index in [1.807, 2.05) is 19.1 Å². The van der Waals surface area contributed by atoms with E-state index >= 15 is 0 Å². The number of nitrogens with zero attached hydrogens (tertiary/aromatic N) is 2. The topological polar surface area (TPSA) is 64.1 Å². The predicted molar refractivity (Wildman–Crippen MR) is 92.7 cm³/mol. The minimum absolute atomic E-state index is 0.172. The minimum Gasteiger partial charge on any atom is -0.482 e. The molecule has 1 aromatic heterocycles. The summed E-state index contributed by atoms with van der Waals surface area (Å²) in [4.78, 5) is 12.1. The third kappa shape index (κ3) is 3.55. The van der Waals surface area contributed by atoms with Crippen molar-refractivity contribution in [1.29, 1.82) is 0 Å². The molecule has 2 aromatic carbocycles. The zero-order valence-electron chi connectivity index (χ0n) is 12.0. The number of fused-ring (bicyclic) bond motifs is 1. The van der Waals surface area contributed by atoms with Crippen molar-refractivity contribution in [2.75, 3.05) is 11.9 Å². The van der Waals surface area contributed by atoms with Crippen molar-refractivity contribution in [3.05, 3.63) is 45.9 Å². The zero-order valence-corrected chi connectivity index (χ0v) is 14.3. The minimum atomic E-state index is -0.306. The Balaban J connectivity index is 1.71. The van der Waals surface area contributed by atoms with Gasteiger partial charge in [-0.25, -0.2) is 0 Å². The van der Waals surface area contributed by atoms with E-state index in [4.69, 9.17) is 27.9 Å². The highest BCUT2D eigenvalue weighted by atomic mass is 35.5. The van der Waals surface area contributed by atoms with E-state index in [-0.39, 0.29) is 12.5 Å². The van der Waals surface area contributed by atoms with Gasteiger partial charge in [0.2, 0.25) is 0 Å². The summed E-state index contributed by atoms with van der Waals surface area (Å²) in [5, 5.41) is 3.67. The van der Waals surface area contributed by atoms with E-state index in [1.54, 1.807) is 18.2 Å². The van der Waals surface area contributed by atoms with Crippen LogP contribution in [-0.4, -0.2) is 21.3 Å². The number of aromatic nitrogens is 2. The number of carbonyl (C=O) groups is 1. The van der Waals surface area contributed by atoms with Gasteiger partial charge in [0.25, 0.3) is 5.91 Å². The molecule has 0 fully saturated rings. The quantitative estimate of drug-likeness (QED) is 0.745. The summed E-state index contributed by atoms with van der Waals surface area (Å²) in [6, 6.07) is 8.58. The largest absolute Gasteiger partial charge is 0.482 e. The number of rotatable bonds is 4. The summed E-state index contributed by atoms with van der Waals surface area (Å²) in [6.45, 7) is 1.72. The summed E-state index contributed by atoms with van der Waals surface area (Å²) >= 11 is 12.9. The first-order valence-corrected chi connectivity index (χ1v) is 8.13. The van der Waals surface area contributed by atoms with Crippen molar-refractivity contribution >= 4 is 57.6 Å². The monoisotopic (exact) mass is 367 g/mol. The fourth-order valence-electron chi connectivity index (χ4n) is 2.02. The Morgan fingerprint density at radius 1 is 1.26 bits per heavy atom. The van der Waals surface area contributed by atoms with Crippen molar-refractivity contribution in [1.82, 2.24) is 8.75 Å². The number of ether oxygens (including phenoxy) is 1. The second kappa shape index (κ2) is 6.70. The fourth-order valence-corrected chi connectivity index (χ4v) is 3.03. The van der Waals surface area contributed by atoms with E-state index in [9.17, 15) is 4.79 Å². The second-order valence-electron chi connectivity index (χ2n) is 4.80. The lowest BCUT2D eigenvalue weighted by Gasteiger charge is -2.11. The molecule has 0 aliphatic heterocycles. The van der Waals surface area contributed by atoms with Crippen molar-refractivity contribution in [3.8, 4) is 5.75 Å². The summed E-state index contributed by atoms with van der Waals surface area (Å²) in [6.07, 6.45) is 0. The molecule has 0 aliphatic carbocycles. The highest BCUT2D eigenvalue weighted by Crippen LogP contribution is 2.28. The maximum Gasteiger partial charge on any atom is 0.262 e. The highest BCUT2D eigenvalue weighted by molar-refractivity contribution is 7.00. The highest BCUT2D eigenvalue weighted by Gasteiger charge is 2.13. The summed E-state index contributed by atoms with van der Waals surface area (Å²) < 4.78 is 13.8. The predicted octanol–water partition coefficient (Wildman–Crippen LogP) is 4.32. The Morgan fingerprint density at radius 2 is 2.09 bits per heavy atom. The van der Waals surface area contributed by atoms with Gasteiger partial charge in [-0.3, -0.25) is 4.79 Å². The van der Waals surface area contributed by atoms with Gasteiger partial charge in [-0.05, 0) is 36.8 Å². The molecule has 1 heterocycles. The maximum atomic E-state index is 12.1. The van der Waals surface area contributed by atoms with Crippen LogP contribution in [0.3, 0.4) is 0 Å². The van der Waals surface area contributed by atoms with Gasteiger partial charge in [0.15, 0.2) is 6.61 Å². The molecule has 5 nitrogen and oxygen atoms in total. The molecule has 23 heavy (non-hydrogen) atoms. The molecule has 3 aromatic rings. The first-order valence-electron chi connectivity index (χ1n) is 6.64. The molecule has 0 radical (unpaired) electrons. The number of nitrogens with one attached hydrogen (secondary N) is 1. The molecule has 0 spiro atoms. The number of carbonyl (C=O) groups excluding carboxylic acids is 1. The third-order valence-corrected chi connectivity index (χ3v) is 4.23. The molecule has 8 heteroatoms. The number of hydrogen-bond acceptors (Lipinski definition) is 5. The lowest BCUT2D eigenvalue weighted by molar-refractivity contribution is -0.118. The van der Waals surface area contributed by atoms with Gasteiger partial charge in [0, 0.05) is 5.02 Å². The molecule has 0 saturated heterocycles. The van der Waals surface area contributed by atoms with Gasteiger partial charge in [-0.1, -0.05) is 29.3 Å². The lowest BCUT2D eigenvalue weighted by atomic mass is 10.1. The van der Waals surface area contributed by atoms with Gasteiger partial charge in [-0.2, -0.15) is 8.75 Å². The molecule has 1 N–H and O–H groups in total. The van der Waals surface area contributed by atoms with Crippen LogP contribution in [0.25, 0.3) is 11.0 Å². The molecule has 118 valence electrons. The van der Waals surface area contributed by atoms with Crippen LogP contribution in [0.2, 0.25) is 10.0 Å². The number of benzene rings is 2. The number of amides is 1. The molecule has 3 rings (SSSR count). The molecular weight excluding hydrogens is 357 g/mol. The maximum absolute atomic E-state index is 12.1. The average Bonchev–Trinajstić information content (AvgIpc) is 2.98. The first-order chi connectivity index (χ1) is 11.0. The number of hydrogen-bond donors (Lipinski definition) is 1. The Kier molecular flexibility index (Phi) is 4.66. The van der Waals surface area contributed by atoms with E-state index in [0.717, 1.165) is 22.8 Å². The van der Waals surface area contributed by atoms with Crippen molar-refractivity contribution in [2.45, 2.75) is 6.92 Å². The van der Waals surface area contributed by atoms with Gasteiger partial charge in [0.1, 0.15) is 16.8 Å². The van der Waals surface area contributed by atoms with Crippen LogP contribution in [0.5, 0.6) is 5.75 Å². The summed E-state index contributed by atoms with van der Waals surface area (Å²) in [5.41, 5.74) is 2.97. The first kappa shape index (κ1) is 16.0. The smallest absolute Gasteiger partial charge is 0.262 e. The molecule has 1 amide bonds. The van der Waals surface area contributed by atoms with Crippen LogP contribution in [0.1, 0.15) is 5.56 Å². The zero-order chi connectivity index (χ0) is 16.4. The molecule has 0 bridgehead atoms. The van der Waals surface area contributed by atoms with Gasteiger partial charge in [0.05, 0.1) is 22.4 Å². The van der Waals surface area contributed by atoms with Crippen LogP contribution < -0.4 is 10.1 Å². The second-order valence-corrected chi connectivity index (χ2v) is 6.17. The van der Waals surface area contributed by atoms with E-state index in [0.29, 0.717) is 27.0 Å². The van der Waals surface area contributed by atoms with Crippen LogP contribution >= 0.6 is 34.9 Å². The molecule has 0 unspecified atom stereocenters. The normalized spacial score (nSPS) is 10.7. The van der Waals surface area contributed by atoms with Gasteiger partial charge >= 0.3 is 0 Å². The Morgan fingerprint density at radius 3 is 2.87 bits per heavy atom. The number of halogens is 2. The summed E-state index contributed by atoms with van der Waals surface area (Å²) in [7, 11) is 0. The third-order valence-electron chi connectivity index (χ3n) is 3.15. The Labute approximate surface area is 146 Å². The SMILES string of the molecule is Cc1ccc2nsnc2c1NC(=O)COc1ccc(Cl)cc1Cl. The van der Waals surface area contributed by atoms with Crippen molar-refractivity contribution in [3.63, 3.8) is 0 Å². The van der Waals surface area contributed by atoms with Crippen LogP contribution in [0.4, 0.5) is 5.69 Å². The Hall–Kier alpha value is -1.89. The standard InChI is InChI=1S/C15H11Cl2N3O2S/c1-8-2-4-11-15(20-23-19-11)14(8)18-13(21)7-22-12-5-3-9(16)6-10(12)17/h2-6H,7H2,1H3,(H,18,21). The molecule has 0 atom stereocenters. The Bertz CT molecular complexity index is 882. The van der Waals surface area contributed by atoms with E-state index < -0.39 is 0 Å². The lowest BCUT2D eigenvalue weighted by Crippen LogP contribution is -2.21. The van der Waals surface area contributed by atoms with Crippen LogP contribution in [-0.2, 0) is 4.79 Å². The van der Waals surface area contributed by atoms with Crippen molar-refractivity contribution < 1.29 is 9.53 Å². The van der Waals surface area contributed by atoms with Gasteiger partial charge < -0.3 is 10.1 Å².